The average molecular weight is 357 g/mol. The Labute approximate surface area is 149 Å². The third-order valence-corrected chi connectivity index (χ3v) is 4.75. The zero-order chi connectivity index (χ0) is 18.0. The molecule has 0 radical (unpaired) electrons. The van der Waals surface area contributed by atoms with Crippen molar-refractivity contribution >= 4 is 23.4 Å². The number of amides is 1. The lowest BCUT2D eigenvalue weighted by Gasteiger charge is -2.13. The second-order valence-corrected chi connectivity index (χ2v) is 7.03. The van der Waals surface area contributed by atoms with Gasteiger partial charge >= 0.3 is 0 Å². The van der Waals surface area contributed by atoms with Crippen molar-refractivity contribution in [2.24, 2.45) is 0 Å². The van der Waals surface area contributed by atoms with Gasteiger partial charge in [0.15, 0.2) is 5.76 Å². The monoisotopic (exact) mass is 357 g/mol. The molecule has 3 rings (SSSR count). The molecule has 25 heavy (non-hydrogen) atoms. The highest BCUT2D eigenvalue weighted by Gasteiger charge is 2.21. The Hall–Kier alpha value is -2.74. The number of thioether (sulfide) groups is 1. The average Bonchev–Trinajstić information content (AvgIpc) is 3.20. The number of nitrogens with one attached hydrogen (secondary N) is 1. The van der Waals surface area contributed by atoms with Crippen molar-refractivity contribution in [3.63, 3.8) is 0 Å². The number of nitrogens with zero attached hydrogens (tertiary/aromatic N) is 3. The first-order valence-corrected chi connectivity index (χ1v) is 8.63. The van der Waals surface area contributed by atoms with Crippen molar-refractivity contribution in [3.05, 3.63) is 47.7 Å². The largest absolute Gasteiger partial charge is 0.461 e. The summed E-state index contributed by atoms with van der Waals surface area (Å²) in [5.41, 5.74) is 2.97. The number of hydrogen-bond donors (Lipinski definition) is 2. The Morgan fingerprint density at radius 3 is 2.80 bits per heavy atom. The number of furan rings is 1. The Balaban J connectivity index is 1.69. The molecule has 0 spiro atoms. The van der Waals surface area contributed by atoms with Crippen molar-refractivity contribution in [3.8, 4) is 11.6 Å². The van der Waals surface area contributed by atoms with Crippen LogP contribution in [0.15, 0.2) is 46.2 Å². The minimum atomic E-state index is -0.392. The van der Waals surface area contributed by atoms with Crippen molar-refractivity contribution in [2.75, 3.05) is 11.2 Å². The summed E-state index contributed by atoms with van der Waals surface area (Å²) in [7, 11) is 0. The highest BCUT2D eigenvalue weighted by molar-refractivity contribution is 8.00. The van der Waals surface area contributed by atoms with Gasteiger partial charge in [0.05, 0.1) is 11.5 Å². The number of hydrogen-bond acceptors (Lipinski definition) is 6. The van der Waals surface area contributed by atoms with Crippen LogP contribution in [0.4, 0.5) is 5.69 Å². The second kappa shape index (κ2) is 7.02. The minimum absolute atomic E-state index is 0.125. The number of rotatable bonds is 5. The lowest BCUT2D eigenvalue weighted by Crippen LogP contribution is -2.24. The van der Waals surface area contributed by atoms with Gasteiger partial charge in [-0.1, -0.05) is 29.5 Å². The van der Waals surface area contributed by atoms with Crippen LogP contribution >= 0.6 is 11.8 Å². The van der Waals surface area contributed by atoms with E-state index < -0.39 is 5.25 Å². The molecule has 0 bridgehead atoms. The number of benzene rings is 1. The number of nitrogen functional groups attached to an aromatic ring is 1. The Morgan fingerprint density at radius 1 is 1.32 bits per heavy atom. The number of aryl methyl sites for hydroxylation is 2. The topological polar surface area (TPSA) is 99.0 Å². The van der Waals surface area contributed by atoms with Crippen LogP contribution in [0.3, 0.4) is 0 Å². The number of anilines is 1. The van der Waals surface area contributed by atoms with E-state index in [0.717, 1.165) is 16.8 Å². The number of aromatic nitrogens is 3. The van der Waals surface area contributed by atoms with Crippen molar-refractivity contribution in [1.29, 1.82) is 0 Å². The van der Waals surface area contributed by atoms with Gasteiger partial charge in [-0.25, -0.2) is 4.68 Å². The van der Waals surface area contributed by atoms with E-state index in [2.05, 4.69) is 15.5 Å². The summed E-state index contributed by atoms with van der Waals surface area (Å²) in [6, 6.07) is 9.39. The maximum Gasteiger partial charge on any atom is 0.237 e. The number of nitrogens with two attached hydrogens (primary N) is 1. The summed E-state index contributed by atoms with van der Waals surface area (Å²) >= 11 is 1.24. The van der Waals surface area contributed by atoms with E-state index in [1.807, 2.05) is 32.0 Å². The fourth-order valence-corrected chi connectivity index (χ4v) is 3.10. The molecule has 3 aromatic rings. The lowest BCUT2D eigenvalue weighted by atomic mass is 10.1. The van der Waals surface area contributed by atoms with Crippen molar-refractivity contribution < 1.29 is 9.21 Å². The molecule has 3 N–H and O–H groups in total. The van der Waals surface area contributed by atoms with Gasteiger partial charge in [0.1, 0.15) is 0 Å². The van der Waals surface area contributed by atoms with Gasteiger partial charge in [0, 0.05) is 5.69 Å². The third-order valence-electron chi connectivity index (χ3n) is 3.70. The van der Waals surface area contributed by atoms with E-state index >= 15 is 0 Å². The van der Waals surface area contributed by atoms with E-state index in [4.69, 9.17) is 10.3 Å². The fraction of sp³-hybridized carbons (Fsp3) is 0.235. The van der Waals surface area contributed by atoms with Crippen molar-refractivity contribution in [1.82, 2.24) is 14.9 Å². The van der Waals surface area contributed by atoms with Crippen LogP contribution in [0.25, 0.3) is 11.6 Å². The normalized spacial score (nSPS) is 12.1. The zero-order valence-electron chi connectivity index (χ0n) is 14.2. The molecule has 1 aromatic carbocycles. The minimum Gasteiger partial charge on any atom is -0.461 e. The van der Waals surface area contributed by atoms with Crippen LogP contribution in [0.1, 0.15) is 18.1 Å². The molecule has 8 heteroatoms. The summed E-state index contributed by atoms with van der Waals surface area (Å²) in [6.45, 7) is 5.78. The quantitative estimate of drug-likeness (QED) is 0.538. The Bertz CT molecular complexity index is 889. The molecular formula is C17H19N5O2S. The zero-order valence-corrected chi connectivity index (χ0v) is 15.0. The van der Waals surface area contributed by atoms with Gasteiger partial charge in [0.25, 0.3) is 0 Å². The summed E-state index contributed by atoms with van der Waals surface area (Å²) in [4.78, 5) is 12.5. The molecule has 0 saturated heterocycles. The first-order valence-electron chi connectivity index (χ1n) is 7.75. The molecule has 0 aliphatic rings. The predicted octanol–water partition coefficient (Wildman–Crippen LogP) is 2.99. The van der Waals surface area contributed by atoms with Gasteiger partial charge < -0.3 is 15.6 Å². The van der Waals surface area contributed by atoms with Crippen LogP contribution in [-0.2, 0) is 4.79 Å². The van der Waals surface area contributed by atoms with Gasteiger partial charge in [0.2, 0.25) is 16.9 Å². The second-order valence-electron chi connectivity index (χ2n) is 5.72. The van der Waals surface area contributed by atoms with E-state index in [-0.39, 0.29) is 5.91 Å². The van der Waals surface area contributed by atoms with Gasteiger partial charge in [-0.2, -0.15) is 0 Å². The van der Waals surface area contributed by atoms with E-state index in [9.17, 15) is 4.79 Å². The summed E-state index contributed by atoms with van der Waals surface area (Å²) in [5.74, 6) is 6.82. The van der Waals surface area contributed by atoms with Gasteiger partial charge in [-0.05, 0) is 44.5 Å². The standard InChI is InChI=1S/C17H19N5O2S/c1-10-6-7-13(11(2)9-10)19-16(23)12(3)25-17-21-20-15(22(17)18)14-5-4-8-24-14/h4-9,12H,18H2,1-3H3,(H,19,23)/t12-/m0/s1. The number of carbonyl (C=O) groups excluding carboxylic acids is 1. The summed E-state index contributed by atoms with van der Waals surface area (Å²) in [6.07, 6.45) is 1.54. The number of carbonyl (C=O) groups is 1. The molecular weight excluding hydrogens is 338 g/mol. The van der Waals surface area contributed by atoms with Gasteiger partial charge in [-0.3, -0.25) is 4.79 Å². The molecule has 7 nitrogen and oxygen atoms in total. The summed E-state index contributed by atoms with van der Waals surface area (Å²) in [5, 5.41) is 11.0. The van der Waals surface area contributed by atoms with Crippen LogP contribution in [0.2, 0.25) is 0 Å². The summed E-state index contributed by atoms with van der Waals surface area (Å²) < 4.78 is 6.60. The highest BCUT2D eigenvalue weighted by Crippen LogP contribution is 2.26. The molecule has 0 aliphatic heterocycles. The predicted molar refractivity (Wildman–Crippen MR) is 97.7 cm³/mol. The lowest BCUT2D eigenvalue weighted by molar-refractivity contribution is -0.115. The molecule has 0 unspecified atom stereocenters. The Morgan fingerprint density at radius 2 is 2.12 bits per heavy atom. The molecule has 1 atom stereocenters. The van der Waals surface area contributed by atoms with E-state index in [0.29, 0.717) is 16.7 Å². The molecule has 130 valence electrons. The highest BCUT2D eigenvalue weighted by atomic mass is 32.2. The van der Waals surface area contributed by atoms with Crippen LogP contribution in [-0.4, -0.2) is 26.0 Å². The third kappa shape index (κ3) is 3.69. The van der Waals surface area contributed by atoms with Crippen LogP contribution in [0, 0.1) is 13.8 Å². The van der Waals surface area contributed by atoms with Crippen molar-refractivity contribution in [2.45, 2.75) is 31.2 Å². The van der Waals surface area contributed by atoms with Crippen LogP contribution in [0.5, 0.6) is 0 Å². The molecule has 0 saturated carbocycles. The molecule has 1 amide bonds. The van der Waals surface area contributed by atoms with E-state index in [1.54, 1.807) is 19.1 Å². The SMILES string of the molecule is Cc1ccc(NC(=O)[C@H](C)Sc2nnc(-c3ccco3)n2N)c(C)c1. The first kappa shape index (κ1) is 17.1. The Kier molecular flexibility index (Phi) is 4.80. The van der Waals surface area contributed by atoms with Gasteiger partial charge in [-0.15, -0.1) is 10.2 Å². The molecule has 2 aromatic heterocycles. The maximum absolute atomic E-state index is 12.5. The molecule has 0 fully saturated rings. The first-order chi connectivity index (χ1) is 12.0. The fourth-order valence-electron chi connectivity index (χ4n) is 2.33. The molecule has 0 aliphatic carbocycles. The smallest absolute Gasteiger partial charge is 0.237 e. The maximum atomic E-state index is 12.5. The van der Waals surface area contributed by atoms with Crippen LogP contribution < -0.4 is 11.2 Å². The van der Waals surface area contributed by atoms with E-state index in [1.165, 1.54) is 22.7 Å². The molecule has 2 heterocycles.